The van der Waals surface area contributed by atoms with Crippen molar-refractivity contribution in [1.82, 2.24) is 0 Å². The zero-order valence-electron chi connectivity index (χ0n) is 12.3. The molecule has 0 radical (unpaired) electrons. The first-order chi connectivity index (χ1) is 10.2. The summed E-state index contributed by atoms with van der Waals surface area (Å²) in [6.07, 6.45) is 0.911. The molecule has 0 N–H and O–H groups in total. The van der Waals surface area contributed by atoms with Gasteiger partial charge >= 0.3 is 5.97 Å². The number of methoxy groups -OCH3 is 1. The molecule has 0 aromatic heterocycles. The minimum Gasteiger partial charge on any atom is -0.492 e. The first kappa shape index (κ1) is 13.7. The predicted octanol–water partition coefficient (Wildman–Crippen LogP) is 3.56. The Morgan fingerprint density at radius 1 is 1.24 bits per heavy atom. The Bertz CT molecular complexity index is 663. The summed E-state index contributed by atoms with van der Waals surface area (Å²) >= 11 is 0. The Balaban J connectivity index is 2.15. The smallest absolute Gasteiger partial charge is 0.337 e. The molecule has 1 aliphatic rings. The van der Waals surface area contributed by atoms with Gasteiger partial charge in [0.25, 0.3) is 0 Å². The lowest BCUT2D eigenvalue weighted by Gasteiger charge is -2.27. The predicted molar refractivity (Wildman–Crippen MR) is 80.8 cm³/mol. The van der Waals surface area contributed by atoms with Crippen molar-refractivity contribution in [2.75, 3.05) is 13.7 Å². The lowest BCUT2D eigenvalue weighted by Crippen LogP contribution is -2.28. The Morgan fingerprint density at radius 2 is 2.00 bits per heavy atom. The summed E-state index contributed by atoms with van der Waals surface area (Å²) < 4.78 is 10.7. The van der Waals surface area contributed by atoms with Crippen LogP contribution in [0.2, 0.25) is 0 Å². The van der Waals surface area contributed by atoms with E-state index in [1.807, 2.05) is 30.3 Å². The highest BCUT2D eigenvalue weighted by molar-refractivity contribution is 5.90. The van der Waals surface area contributed by atoms with E-state index in [1.165, 1.54) is 12.7 Å². The van der Waals surface area contributed by atoms with E-state index in [-0.39, 0.29) is 11.4 Å². The quantitative estimate of drug-likeness (QED) is 0.807. The van der Waals surface area contributed by atoms with Crippen LogP contribution in [-0.4, -0.2) is 19.7 Å². The van der Waals surface area contributed by atoms with Gasteiger partial charge < -0.3 is 9.47 Å². The fourth-order valence-electron chi connectivity index (χ4n) is 3.05. The highest BCUT2D eigenvalue weighted by atomic mass is 16.5. The number of hydrogen-bond donors (Lipinski definition) is 0. The first-order valence-corrected chi connectivity index (χ1v) is 7.12. The summed E-state index contributed by atoms with van der Waals surface area (Å²) in [4.78, 5) is 11.8. The Morgan fingerprint density at radius 3 is 2.67 bits per heavy atom. The second-order valence-electron chi connectivity index (χ2n) is 5.29. The molecule has 3 nitrogen and oxygen atoms in total. The Labute approximate surface area is 124 Å². The molecule has 0 fully saturated rings. The van der Waals surface area contributed by atoms with E-state index in [2.05, 4.69) is 19.1 Å². The maximum Gasteiger partial charge on any atom is 0.337 e. The highest BCUT2D eigenvalue weighted by Crippen LogP contribution is 2.46. The number of carbonyl (C=O) groups is 1. The third kappa shape index (κ3) is 2.09. The SMILES string of the molecule is CCC1(c2ccccc2)COc2ccc(C(=O)OC)cc21. The zero-order chi connectivity index (χ0) is 14.9. The molecular formula is C18H18O3. The topological polar surface area (TPSA) is 35.5 Å². The van der Waals surface area contributed by atoms with Crippen LogP contribution in [0.1, 0.15) is 34.8 Å². The van der Waals surface area contributed by atoms with Gasteiger partial charge in [0.1, 0.15) is 12.4 Å². The normalized spacial score (nSPS) is 19.7. The van der Waals surface area contributed by atoms with Crippen LogP contribution in [0.5, 0.6) is 5.75 Å². The van der Waals surface area contributed by atoms with Crippen LogP contribution in [0.4, 0.5) is 0 Å². The van der Waals surface area contributed by atoms with Gasteiger partial charge in [-0.25, -0.2) is 4.79 Å². The molecule has 3 rings (SSSR count). The van der Waals surface area contributed by atoms with E-state index in [4.69, 9.17) is 9.47 Å². The molecule has 108 valence electrons. The van der Waals surface area contributed by atoms with Crippen molar-refractivity contribution < 1.29 is 14.3 Å². The van der Waals surface area contributed by atoms with Crippen LogP contribution in [0.25, 0.3) is 0 Å². The lowest BCUT2D eigenvalue weighted by molar-refractivity contribution is 0.0600. The molecular weight excluding hydrogens is 264 g/mol. The number of fused-ring (bicyclic) bond motifs is 1. The second kappa shape index (κ2) is 5.24. The van der Waals surface area contributed by atoms with Crippen LogP contribution >= 0.6 is 0 Å². The minimum atomic E-state index is -0.317. The molecule has 0 saturated heterocycles. The summed E-state index contributed by atoms with van der Waals surface area (Å²) in [7, 11) is 1.40. The second-order valence-corrected chi connectivity index (χ2v) is 5.29. The first-order valence-electron chi connectivity index (χ1n) is 7.12. The molecule has 1 heterocycles. The van der Waals surface area contributed by atoms with Crippen molar-refractivity contribution in [3.05, 3.63) is 65.2 Å². The van der Waals surface area contributed by atoms with Gasteiger partial charge in [0.05, 0.1) is 18.1 Å². The number of esters is 1. The number of ether oxygens (including phenoxy) is 2. The van der Waals surface area contributed by atoms with Gasteiger partial charge in [0.2, 0.25) is 0 Å². The summed E-state index contributed by atoms with van der Waals surface area (Å²) in [6.45, 7) is 2.75. The fraction of sp³-hybridized carbons (Fsp3) is 0.278. The molecule has 0 bridgehead atoms. The van der Waals surface area contributed by atoms with Crippen molar-refractivity contribution in [3.8, 4) is 5.75 Å². The minimum absolute atomic E-state index is 0.194. The van der Waals surface area contributed by atoms with E-state index >= 15 is 0 Å². The number of rotatable bonds is 3. The zero-order valence-corrected chi connectivity index (χ0v) is 12.3. The monoisotopic (exact) mass is 282 g/mol. The Hall–Kier alpha value is -2.29. The molecule has 1 unspecified atom stereocenters. The van der Waals surface area contributed by atoms with Crippen LogP contribution in [0.3, 0.4) is 0 Å². The van der Waals surface area contributed by atoms with E-state index in [0.29, 0.717) is 12.2 Å². The largest absolute Gasteiger partial charge is 0.492 e. The van der Waals surface area contributed by atoms with Crippen LogP contribution in [0, 0.1) is 0 Å². The molecule has 0 aliphatic carbocycles. The third-order valence-corrected chi connectivity index (χ3v) is 4.32. The van der Waals surface area contributed by atoms with Crippen LogP contribution in [-0.2, 0) is 10.2 Å². The van der Waals surface area contributed by atoms with Gasteiger partial charge in [-0.2, -0.15) is 0 Å². The van der Waals surface area contributed by atoms with Gasteiger partial charge in [0.15, 0.2) is 0 Å². The van der Waals surface area contributed by atoms with Crippen molar-refractivity contribution >= 4 is 5.97 Å². The van der Waals surface area contributed by atoms with Crippen LogP contribution < -0.4 is 4.74 Å². The number of hydrogen-bond acceptors (Lipinski definition) is 3. The summed E-state index contributed by atoms with van der Waals surface area (Å²) in [6, 6.07) is 15.8. The average molecular weight is 282 g/mol. The molecule has 2 aromatic carbocycles. The van der Waals surface area contributed by atoms with Gasteiger partial charge in [-0.05, 0) is 30.2 Å². The van der Waals surface area contributed by atoms with Crippen molar-refractivity contribution in [2.45, 2.75) is 18.8 Å². The van der Waals surface area contributed by atoms with Crippen molar-refractivity contribution in [3.63, 3.8) is 0 Å². The molecule has 0 spiro atoms. The Kier molecular flexibility index (Phi) is 3.42. The van der Waals surface area contributed by atoms with E-state index < -0.39 is 0 Å². The average Bonchev–Trinajstić information content (AvgIpc) is 2.94. The molecule has 1 aliphatic heterocycles. The maximum atomic E-state index is 11.8. The molecule has 21 heavy (non-hydrogen) atoms. The van der Waals surface area contributed by atoms with E-state index in [9.17, 15) is 4.79 Å². The van der Waals surface area contributed by atoms with Crippen molar-refractivity contribution in [1.29, 1.82) is 0 Å². The van der Waals surface area contributed by atoms with Gasteiger partial charge in [-0.3, -0.25) is 0 Å². The third-order valence-electron chi connectivity index (χ3n) is 4.32. The maximum absolute atomic E-state index is 11.8. The standard InChI is InChI=1S/C18H18O3/c1-3-18(14-7-5-4-6-8-14)12-21-16-10-9-13(11-15(16)18)17(19)20-2/h4-11H,3,12H2,1-2H3. The van der Waals surface area contributed by atoms with Gasteiger partial charge in [0, 0.05) is 5.56 Å². The van der Waals surface area contributed by atoms with Gasteiger partial charge in [-0.1, -0.05) is 37.3 Å². The molecule has 1 atom stereocenters. The molecule has 0 amide bonds. The fourth-order valence-corrected chi connectivity index (χ4v) is 3.05. The summed E-state index contributed by atoms with van der Waals surface area (Å²) in [5, 5.41) is 0. The lowest BCUT2D eigenvalue weighted by atomic mass is 9.74. The van der Waals surface area contributed by atoms with E-state index in [0.717, 1.165) is 17.7 Å². The highest BCUT2D eigenvalue weighted by Gasteiger charge is 2.41. The number of carbonyl (C=O) groups excluding carboxylic acids is 1. The van der Waals surface area contributed by atoms with E-state index in [1.54, 1.807) is 6.07 Å². The van der Waals surface area contributed by atoms with Gasteiger partial charge in [-0.15, -0.1) is 0 Å². The molecule has 3 heteroatoms. The molecule has 0 saturated carbocycles. The van der Waals surface area contributed by atoms with Crippen molar-refractivity contribution in [2.24, 2.45) is 0 Å². The van der Waals surface area contributed by atoms with Crippen LogP contribution in [0.15, 0.2) is 48.5 Å². The summed E-state index contributed by atoms with van der Waals surface area (Å²) in [5.41, 5.74) is 2.66. The number of benzene rings is 2. The molecule has 2 aromatic rings. The summed E-state index contributed by atoms with van der Waals surface area (Å²) in [5.74, 6) is 0.538.